The lowest BCUT2D eigenvalue weighted by molar-refractivity contribution is -0.121. The maximum absolute atomic E-state index is 12.9. The molecule has 1 aromatic carbocycles. The maximum atomic E-state index is 12.9. The van der Waals surface area contributed by atoms with Gasteiger partial charge in [0.05, 0.1) is 6.20 Å². The molecule has 0 saturated carbocycles. The summed E-state index contributed by atoms with van der Waals surface area (Å²) in [4.78, 5) is 15.9. The second-order valence-electron chi connectivity index (χ2n) is 5.54. The molecule has 2 aromatic rings. The summed E-state index contributed by atoms with van der Waals surface area (Å²) in [6, 6.07) is 6.04. The first-order chi connectivity index (χ1) is 11.2. The fourth-order valence-electron chi connectivity index (χ4n) is 2.26. The minimum Gasteiger partial charge on any atom is -0.441 e. The highest BCUT2D eigenvalue weighted by atomic mass is 19.1. The topological polar surface area (TPSA) is 55.1 Å². The molecule has 124 valence electrons. The molecule has 0 fully saturated rings. The zero-order valence-electron chi connectivity index (χ0n) is 13.5. The summed E-state index contributed by atoms with van der Waals surface area (Å²) >= 11 is 0. The van der Waals surface area contributed by atoms with Gasteiger partial charge >= 0.3 is 0 Å². The van der Waals surface area contributed by atoms with Crippen molar-refractivity contribution >= 4 is 5.91 Å². The van der Waals surface area contributed by atoms with Crippen LogP contribution in [0.15, 0.2) is 34.9 Å². The molecule has 0 aliphatic carbocycles. The van der Waals surface area contributed by atoms with E-state index in [1.807, 2.05) is 0 Å². The summed E-state index contributed by atoms with van der Waals surface area (Å²) < 4.78 is 18.5. The number of nitrogens with one attached hydrogen (secondary N) is 1. The van der Waals surface area contributed by atoms with Crippen LogP contribution in [0.4, 0.5) is 4.39 Å². The van der Waals surface area contributed by atoms with Gasteiger partial charge < -0.3 is 9.73 Å². The number of hydrogen-bond donors (Lipinski definition) is 1. The number of oxazole rings is 1. The van der Waals surface area contributed by atoms with Crippen LogP contribution in [0.3, 0.4) is 0 Å². The highest BCUT2D eigenvalue weighted by molar-refractivity contribution is 5.75. The molecule has 1 N–H and O–H groups in total. The Labute approximate surface area is 136 Å². The molecule has 0 aliphatic heterocycles. The summed E-state index contributed by atoms with van der Waals surface area (Å²) in [6.45, 7) is 2.89. The highest BCUT2D eigenvalue weighted by Gasteiger charge is 2.09. The SMILES string of the molecule is CCCCCCNC(=O)CCc1ncc(-c2ccc(F)cc2)o1. The van der Waals surface area contributed by atoms with Gasteiger partial charge in [-0.3, -0.25) is 4.79 Å². The van der Waals surface area contributed by atoms with Crippen LogP contribution in [0.1, 0.15) is 44.9 Å². The maximum Gasteiger partial charge on any atom is 0.220 e. The first-order valence-corrected chi connectivity index (χ1v) is 8.16. The Balaban J connectivity index is 1.74. The lowest BCUT2D eigenvalue weighted by atomic mass is 10.2. The number of nitrogens with zero attached hydrogens (tertiary/aromatic N) is 1. The van der Waals surface area contributed by atoms with E-state index in [-0.39, 0.29) is 11.7 Å². The molecule has 2 rings (SSSR count). The molecule has 0 bridgehead atoms. The number of rotatable bonds is 9. The Morgan fingerprint density at radius 3 is 2.74 bits per heavy atom. The smallest absolute Gasteiger partial charge is 0.220 e. The summed E-state index contributed by atoms with van der Waals surface area (Å²) in [6.07, 6.45) is 6.99. The predicted octanol–water partition coefficient (Wildman–Crippen LogP) is 4.11. The first-order valence-electron chi connectivity index (χ1n) is 8.16. The number of carbonyl (C=O) groups is 1. The van der Waals surface area contributed by atoms with Crippen LogP contribution in [0, 0.1) is 5.82 Å². The van der Waals surface area contributed by atoms with Crippen molar-refractivity contribution in [1.29, 1.82) is 0 Å². The van der Waals surface area contributed by atoms with Crippen molar-refractivity contribution in [1.82, 2.24) is 10.3 Å². The summed E-state index contributed by atoms with van der Waals surface area (Å²) in [5, 5.41) is 2.91. The number of unbranched alkanes of at least 4 members (excludes halogenated alkanes) is 3. The Kier molecular flexibility index (Phi) is 6.78. The summed E-state index contributed by atoms with van der Waals surface area (Å²) in [5.74, 6) is 0.831. The van der Waals surface area contributed by atoms with Crippen molar-refractivity contribution in [2.45, 2.75) is 45.4 Å². The predicted molar refractivity (Wildman–Crippen MR) is 87.4 cm³/mol. The third-order valence-corrected chi connectivity index (χ3v) is 3.60. The molecule has 0 spiro atoms. The van der Waals surface area contributed by atoms with Crippen LogP contribution in [-0.2, 0) is 11.2 Å². The minimum absolute atomic E-state index is 0.0167. The average molecular weight is 318 g/mol. The molecular weight excluding hydrogens is 295 g/mol. The minimum atomic E-state index is -0.288. The zero-order valence-corrected chi connectivity index (χ0v) is 13.5. The van der Waals surface area contributed by atoms with Crippen LogP contribution in [0.2, 0.25) is 0 Å². The Bertz CT molecular complexity index is 608. The van der Waals surface area contributed by atoms with Crippen LogP contribution in [0.5, 0.6) is 0 Å². The normalized spacial score (nSPS) is 10.7. The van der Waals surface area contributed by atoms with Gasteiger partial charge in [-0.15, -0.1) is 0 Å². The molecule has 0 unspecified atom stereocenters. The molecule has 5 heteroatoms. The van der Waals surface area contributed by atoms with Crippen molar-refractivity contribution in [2.24, 2.45) is 0 Å². The van der Waals surface area contributed by atoms with Crippen LogP contribution in [-0.4, -0.2) is 17.4 Å². The van der Waals surface area contributed by atoms with Crippen molar-refractivity contribution in [3.8, 4) is 11.3 Å². The fraction of sp³-hybridized carbons (Fsp3) is 0.444. The molecule has 23 heavy (non-hydrogen) atoms. The van der Waals surface area contributed by atoms with Crippen LogP contribution in [0.25, 0.3) is 11.3 Å². The van der Waals surface area contributed by atoms with E-state index in [1.165, 1.54) is 25.0 Å². The Morgan fingerprint density at radius 2 is 2.00 bits per heavy atom. The van der Waals surface area contributed by atoms with Gasteiger partial charge in [0.25, 0.3) is 0 Å². The van der Waals surface area contributed by atoms with Gasteiger partial charge in [0.1, 0.15) is 5.82 Å². The number of carbonyl (C=O) groups excluding carboxylic acids is 1. The van der Waals surface area contributed by atoms with Gasteiger partial charge in [-0.1, -0.05) is 26.2 Å². The van der Waals surface area contributed by atoms with Crippen LogP contribution >= 0.6 is 0 Å². The third kappa shape index (κ3) is 5.85. The van der Waals surface area contributed by atoms with Gasteiger partial charge in [-0.2, -0.15) is 0 Å². The second-order valence-corrected chi connectivity index (χ2v) is 5.54. The lowest BCUT2D eigenvalue weighted by Gasteiger charge is -2.03. The molecule has 0 aliphatic rings. The summed E-state index contributed by atoms with van der Waals surface area (Å²) in [7, 11) is 0. The standard InChI is InChI=1S/C18H23FN2O2/c1-2-3-4-5-12-20-17(22)10-11-18-21-13-16(23-18)14-6-8-15(19)9-7-14/h6-9,13H,2-5,10-12H2,1H3,(H,20,22). The van der Waals surface area contributed by atoms with Crippen molar-refractivity contribution in [3.05, 3.63) is 42.2 Å². The van der Waals surface area contributed by atoms with Crippen molar-refractivity contribution < 1.29 is 13.6 Å². The molecule has 0 atom stereocenters. The highest BCUT2D eigenvalue weighted by Crippen LogP contribution is 2.21. The average Bonchev–Trinajstić information content (AvgIpc) is 3.02. The van der Waals surface area contributed by atoms with E-state index in [9.17, 15) is 9.18 Å². The van der Waals surface area contributed by atoms with E-state index in [1.54, 1.807) is 18.3 Å². The number of halogens is 1. The van der Waals surface area contributed by atoms with Gasteiger partial charge in [-0.05, 0) is 30.7 Å². The van der Waals surface area contributed by atoms with E-state index in [2.05, 4.69) is 17.2 Å². The number of hydrogen-bond acceptors (Lipinski definition) is 3. The lowest BCUT2D eigenvalue weighted by Crippen LogP contribution is -2.24. The van der Waals surface area contributed by atoms with E-state index in [0.717, 1.165) is 24.9 Å². The number of benzene rings is 1. The van der Waals surface area contributed by atoms with Gasteiger partial charge in [-0.25, -0.2) is 9.37 Å². The monoisotopic (exact) mass is 318 g/mol. The largest absolute Gasteiger partial charge is 0.441 e. The van der Waals surface area contributed by atoms with E-state index in [0.29, 0.717) is 24.5 Å². The van der Waals surface area contributed by atoms with E-state index >= 15 is 0 Å². The molecule has 0 radical (unpaired) electrons. The zero-order chi connectivity index (χ0) is 16.5. The molecule has 1 amide bonds. The van der Waals surface area contributed by atoms with Gasteiger partial charge in [0.15, 0.2) is 11.7 Å². The van der Waals surface area contributed by atoms with Crippen molar-refractivity contribution in [2.75, 3.05) is 6.54 Å². The van der Waals surface area contributed by atoms with Gasteiger partial charge in [0, 0.05) is 24.9 Å². The molecular formula is C18H23FN2O2. The van der Waals surface area contributed by atoms with Crippen molar-refractivity contribution in [3.63, 3.8) is 0 Å². The summed E-state index contributed by atoms with van der Waals surface area (Å²) in [5.41, 5.74) is 0.769. The fourth-order valence-corrected chi connectivity index (χ4v) is 2.26. The van der Waals surface area contributed by atoms with Gasteiger partial charge in [0.2, 0.25) is 5.91 Å². The number of aromatic nitrogens is 1. The molecule has 0 saturated heterocycles. The quantitative estimate of drug-likeness (QED) is 0.708. The third-order valence-electron chi connectivity index (χ3n) is 3.60. The Hall–Kier alpha value is -2.17. The molecule has 4 nitrogen and oxygen atoms in total. The second kappa shape index (κ2) is 9.08. The van der Waals surface area contributed by atoms with E-state index in [4.69, 9.17) is 4.42 Å². The number of aryl methyl sites for hydroxylation is 1. The van der Waals surface area contributed by atoms with Crippen LogP contribution < -0.4 is 5.32 Å². The molecule has 1 heterocycles. The first kappa shape index (κ1) is 17.2. The van der Waals surface area contributed by atoms with E-state index < -0.39 is 0 Å². The Morgan fingerprint density at radius 1 is 1.22 bits per heavy atom. The molecule has 1 aromatic heterocycles. The number of amides is 1.